The third-order valence-corrected chi connectivity index (χ3v) is 6.16. The number of aromatic nitrogens is 2. The molecule has 1 N–H and O–H groups in total. The number of hydrogen-bond donors (Lipinski definition) is 1. The van der Waals surface area contributed by atoms with E-state index in [1.165, 1.54) is 11.3 Å². The van der Waals surface area contributed by atoms with Gasteiger partial charge in [-0.05, 0) is 44.6 Å². The van der Waals surface area contributed by atoms with E-state index in [4.69, 9.17) is 9.47 Å². The van der Waals surface area contributed by atoms with Gasteiger partial charge in [-0.3, -0.25) is 9.69 Å². The van der Waals surface area contributed by atoms with Gasteiger partial charge in [0.1, 0.15) is 12.4 Å². The van der Waals surface area contributed by atoms with Crippen molar-refractivity contribution in [2.45, 2.75) is 58.9 Å². The fraction of sp³-hybridized carbons (Fsp3) is 0.739. The molecule has 3 aliphatic heterocycles. The van der Waals surface area contributed by atoms with Crippen LogP contribution in [0.4, 0.5) is 16.6 Å². The van der Waals surface area contributed by atoms with E-state index in [-0.39, 0.29) is 18.1 Å². The highest BCUT2D eigenvalue weighted by atomic mass is 16.6. The maximum absolute atomic E-state index is 12.7. The molecule has 9 heteroatoms. The summed E-state index contributed by atoms with van der Waals surface area (Å²) in [5.74, 6) is 1.92. The fourth-order valence-electron chi connectivity index (χ4n) is 4.31. The van der Waals surface area contributed by atoms with E-state index in [0.29, 0.717) is 50.0 Å². The van der Waals surface area contributed by atoms with Crippen molar-refractivity contribution >= 4 is 23.8 Å². The predicted octanol–water partition coefficient (Wildman–Crippen LogP) is 3.32. The first kappa shape index (κ1) is 24.2. The molecule has 32 heavy (non-hydrogen) atoms. The lowest BCUT2D eigenvalue weighted by atomic mass is 9.89. The zero-order valence-corrected chi connectivity index (χ0v) is 19.6. The van der Waals surface area contributed by atoms with Crippen LogP contribution in [0.15, 0.2) is 12.3 Å². The van der Waals surface area contributed by atoms with E-state index in [9.17, 15) is 9.59 Å². The largest absolute Gasteiger partial charge is 0.447 e. The van der Waals surface area contributed by atoms with Crippen molar-refractivity contribution in [2.24, 2.45) is 11.8 Å². The van der Waals surface area contributed by atoms with Gasteiger partial charge in [-0.25, -0.2) is 9.78 Å². The molecule has 4 heterocycles. The zero-order chi connectivity index (χ0) is 22.9. The van der Waals surface area contributed by atoms with Gasteiger partial charge in [-0.2, -0.15) is 4.98 Å². The van der Waals surface area contributed by atoms with E-state index in [0.717, 1.165) is 38.8 Å². The minimum atomic E-state index is -0.371. The highest BCUT2D eigenvalue weighted by Gasteiger charge is 2.31. The lowest BCUT2D eigenvalue weighted by Gasteiger charge is -2.37. The number of anilines is 2. The number of nitrogens with one attached hydrogen (secondary N) is 1. The van der Waals surface area contributed by atoms with Gasteiger partial charge in [0, 0.05) is 44.5 Å². The summed E-state index contributed by atoms with van der Waals surface area (Å²) < 4.78 is 10.3. The Hall–Kier alpha value is -2.42. The third kappa shape index (κ3) is 6.31. The molecule has 1 atom stereocenters. The number of amides is 2. The molecule has 1 unspecified atom stereocenters. The molecule has 3 aliphatic rings. The van der Waals surface area contributed by atoms with Crippen LogP contribution in [0.1, 0.15) is 52.9 Å². The average molecular weight is 448 g/mol. The standard InChI is InChI=1S/C20H29N5O4.C3H8/c1-14(22-19-21-7-2-17(23-19)25-10-13-29-20(25)27)15-3-8-24(9-4-15)18(26)16-5-11-28-12-6-16;1-3-2/h2,7,14-16H,3-6,8-13H2,1H3,(H,21,22,23);3H2,1-2H3. The highest BCUT2D eigenvalue weighted by molar-refractivity contribution is 5.88. The van der Waals surface area contributed by atoms with Gasteiger partial charge in [0.15, 0.2) is 0 Å². The fourth-order valence-corrected chi connectivity index (χ4v) is 4.31. The molecule has 9 nitrogen and oxygen atoms in total. The number of carbonyl (C=O) groups is 2. The molecule has 0 radical (unpaired) electrons. The first-order chi connectivity index (χ1) is 15.5. The molecule has 1 aromatic heterocycles. The second-order valence-corrected chi connectivity index (χ2v) is 8.69. The third-order valence-electron chi connectivity index (χ3n) is 6.16. The van der Waals surface area contributed by atoms with Crippen molar-refractivity contribution in [3.63, 3.8) is 0 Å². The molecule has 0 saturated carbocycles. The van der Waals surface area contributed by atoms with Crippen LogP contribution >= 0.6 is 0 Å². The van der Waals surface area contributed by atoms with Gasteiger partial charge < -0.3 is 19.7 Å². The number of carbonyl (C=O) groups excluding carboxylic acids is 2. The van der Waals surface area contributed by atoms with Crippen LogP contribution in [0.2, 0.25) is 0 Å². The summed E-state index contributed by atoms with van der Waals surface area (Å²) in [6.45, 7) is 10.3. The number of piperidine rings is 1. The topological polar surface area (TPSA) is 96.9 Å². The van der Waals surface area contributed by atoms with Crippen molar-refractivity contribution in [1.29, 1.82) is 0 Å². The van der Waals surface area contributed by atoms with Crippen LogP contribution < -0.4 is 10.2 Å². The predicted molar refractivity (Wildman–Crippen MR) is 123 cm³/mol. The van der Waals surface area contributed by atoms with Crippen LogP contribution in [0.5, 0.6) is 0 Å². The summed E-state index contributed by atoms with van der Waals surface area (Å²) in [7, 11) is 0. The lowest BCUT2D eigenvalue weighted by molar-refractivity contribution is -0.140. The van der Waals surface area contributed by atoms with Crippen molar-refractivity contribution in [3.05, 3.63) is 12.3 Å². The number of ether oxygens (including phenoxy) is 2. The van der Waals surface area contributed by atoms with Crippen molar-refractivity contribution in [2.75, 3.05) is 49.7 Å². The van der Waals surface area contributed by atoms with E-state index < -0.39 is 0 Å². The molecule has 0 bridgehead atoms. The van der Waals surface area contributed by atoms with E-state index >= 15 is 0 Å². The normalized spacial score (nSPS) is 20.9. The van der Waals surface area contributed by atoms with E-state index in [1.54, 1.807) is 12.3 Å². The molecule has 4 rings (SSSR count). The SMILES string of the molecule is CC(Nc1nccc(N2CCOC2=O)n1)C1CCN(C(=O)C2CCOCC2)CC1.CCC. The first-order valence-corrected chi connectivity index (χ1v) is 11.9. The number of likely N-dealkylation sites (tertiary alicyclic amines) is 1. The Labute approximate surface area is 190 Å². The summed E-state index contributed by atoms with van der Waals surface area (Å²) in [5.41, 5.74) is 0. The molecule has 3 fully saturated rings. The number of rotatable bonds is 5. The first-order valence-electron chi connectivity index (χ1n) is 11.9. The van der Waals surface area contributed by atoms with Gasteiger partial charge in [-0.1, -0.05) is 20.3 Å². The molecule has 2 amide bonds. The Bertz CT molecular complexity index is 748. The summed E-state index contributed by atoms with van der Waals surface area (Å²) in [6.07, 6.45) is 6.13. The summed E-state index contributed by atoms with van der Waals surface area (Å²) in [4.78, 5) is 36.7. The van der Waals surface area contributed by atoms with Gasteiger partial charge in [0.25, 0.3) is 0 Å². The molecular formula is C23H37N5O4. The highest BCUT2D eigenvalue weighted by Crippen LogP contribution is 2.26. The van der Waals surface area contributed by atoms with Crippen molar-refractivity contribution in [1.82, 2.24) is 14.9 Å². The molecule has 178 valence electrons. The van der Waals surface area contributed by atoms with Crippen LogP contribution in [0.3, 0.4) is 0 Å². The zero-order valence-electron chi connectivity index (χ0n) is 19.6. The maximum atomic E-state index is 12.7. The second-order valence-electron chi connectivity index (χ2n) is 8.69. The van der Waals surface area contributed by atoms with Crippen LogP contribution in [-0.4, -0.2) is 72.4 Å². The summed E-state index contributed by atoms with van der Waals surface area (Å²) in [6, 6.07) is 1.89. The lowest BCUT2D eigenvalue weighted by Crippen LogP contribution is -2.45. The number of hydrogen-bond acceptors (Lipinski definition) is 7. The van der Waals surface area contributed by atoms with Crippen LogP contribution in [0, 0.1) is 11.8 Å². The second kappa shape index (κ2) is 12.0. The minimum Gasteiger partial charge on any atom is -0.447 e. The summed E-state index contributed by atoms with van der Waals surface area (Å²) in [5, 5.41) is 3.38. The Kier molecular flexibility index (Phi) is 9.08. The smallest absolute Gasteiger partial charge is 0.415 e. The Morgan fingerprint density at radius 3 is 2.47 bits per heavy atom. The molecule has 0 spiro atoms. The van der Waals surface area contributed by atoms with Crippen LogP contribution in [-0.2, 0) is 14.3 Å². The molecule has 1 aromatic rings. The van der Waals surface area contributed by atoms with Crippen molar-refractivity contribution < 1.29 is 19.1 Å². The molecule has 0 aromatic carbocycles. The number of nitrogens with zero attached hydrogens (tertiary/aromatic N) is 4. The maximum Gasteiger partial charge on any atom is 0.415 e. The Morgan fingerprint density at radius 2 is 1.84 bits per heavy atom. The molecular weight excluding hydrogens is 410 g/mol. The van der Waals surface area contributed by atoms with Crippen LogP contribution in [0.25, 0.3) is 0 Å². The van der Waals surface area contributed by atoms with Gasteiger partial charge in [0.2, 0.25) is 11.9 Å². The van der Waals surface area contributed by atoms with Gasteiger partial charge >= 0.3 is 6.09 Å². The van der Waals surface area contributed by atoms with E-state index in [1.807, 2.05) is 4.90 Å². The molecule has 0 aliphatic carbocycles. The number of cyclic esters (lactones) is 1. The molecule has 3 saturated heterocycles. The quantitative estimate of drug-likeness (QED) is 0.739. The Morgan fingerprint density at radius 1 is 1.16 bits per heavy atom. The van der Waals surface area contributed by atoms with Crippen molar-refractivity contribution in [3.8, 4) is 0 Å². The average Bonchev–Trinajstić information content (AvgIpc) is 3.26. The van der Waals surface area contributed by atoms with Gasteiger partial charge in [0.05, 0.1) is 6.54 Å². The Balaban J connectivity index is 0.000000913. The summed E-state index contributed by atoms with van der Waals surface area (Å²) >= 11 is 0. The van der Waals surface area contributed by atoms with E-state index in [2.05, 4.69) is 36.1 Å². The van der Waals surface area contributed by atoms with Gasteiger partial charge in [-0.15, -0.1) is 0 Å². The minimum absolute atomic E-state index is 0.129. The monoisotopic (exact) mass is 447 g/mol.